The van der Waals surface area contributed by atoms with Crippen LogP contribution in [0.5, 0.6) is 0 Å². The molecule has 316 valence electrons. The van der Waals surface area contributed by atoms with Crippen LogP contribution in [-0.2, 0) is 28.7 Å². The van der Waals surface area contributed by atoms with Gasteiger partial charge in [-0.2, -0.15) is 0 Å². The van der Waals surface area contributed by atoms with Gasteiger partial charge < -0.3 is 36.6 Å². The molecule has 0 bridgehead atoms. The zero-order valence-corrected chi connectivity index (χ0v) is 34.6. The molecular weight excluding hydrogens is 688 g/mol. The Morgan fingerprint density at radius 2 is 1.04 bits per heavy atom. The van der Waals surface area contributed by atoms with Crippen LogP contribution in [-0.4, -0.2) is 77.8 Å². The molecule has 3 unspecified atom stereocenters. The first-order valence-electron chi connectivity index (χ1n) is 21.5. The van der Waals surface area contributed by atoms with Gasteiger partial charge in [-0.15, -0.1) is 0 Å². The van der Waals surface area contributed by atoms with Gasteiger partial charge in [-0.25, -0.2) is 4.79 Å². The second kappa shape index (κ2) is 34.7. The summed E-state index contributed by atoms with van der Waals surface area (Å²) in [7, 11) is 0. The number of amides is 3. The van der Waals surface area contributed by atoms with Crippen LogP contribution in [0.2, 0.25) is 0 Å². The van der Waals surface area contributed by atoms with E-state index in [0.29, 0.717) is 19.3 Å². The summed E-state index contributed by atoms with van der Waals surface area (Å²) in [6, 6.07) is -2.61. The molecule has 0 aromatic rings. The number of aliphatic hydroxyl groups is 1. The molecule has 0 rings (SSSR count). The lowest BCUT2D eigenvalue weighted by Crippen LogP contribution is -2.54. The summed E-state index contributed by atoms with van der Waals surface area (Å²) >= 11 is 0. The fraction of sp³-hybridized carbons (Fsp3) is 0.881. The zero-order valence-electron chi connectivity index (χ0n) is 34.6. The van der Waals surface area contributed by atoms with Crippen molar-refractivity contribution in [2.24, 2.45) is 17.6 Å². The molecule has 7 N–H and O–H groups in total. The summed E-state index contributed by atoms with van der Waals surface area (Å²) in [6.07, 6.45) is 24.1. The lowest BCUT2D eigenvalue weighted by atomic mass is 10.0. The molecule has 54 heavy (non-hydrogen) atoms. The third kappa shape index (κ3) is 31.6. The van der Waals surface area contributed by atoms with Gasteiger partial charge in [0, 0.05) is 6.42 Å². The largest absolute Gasteiger partial charge is 0.480 e. The van der Waals surface area contributed by atoms with E-state index in [1.165, 1.54) is 89.9 Å². The van der Waals surface area contributed by atoms with E-state index in [1.54, 1.807) is 0 Å². The van der Waals surface area contributed by atoms with Gasteiger partial charge in [-0.1, -0.05) is 143 Å². The van der Waals surface area contributed by atoms with Gasteiger partial charge in [-0.05, 0) is 50.5 Å². The van der Waals surface area contributed by atoms with Gasteiger partial charge in [0.15, 0.2) is 0 Å². The molecule has 0 saturated heterocycles. The molecule has 0 spiro atoms. The van der Waals surface area contributed by atoms with Gasteiger partial charge in [0.1, 0.15) is 18.2 Å². The predicted octanol–water partition coefficient (Wildman–Crippen LogP) is 7.08. The fourth-order valence-corrected chi connectivity index (χ4v) is 6.42. The maximum atomic E-state index is 12.9. The van der Waals surface area contributed by atoms with Gasteiger partial charge in [-0.3, -0.25) is 19.2 Å². The average Bonchev–Trinajstić information content (AvgIpc) is 3.12. The van der Waals surface area contributed by atoms with Crippen molar-refractivity contribution in [1.29, 1.82) is 0 Å². The molecule has 0 aliphatic carbocycles. The molecule has 0 aromatic carbocycles. The number of carbonyl (C=O) groups excluding carboxylic acids is 4. The topological polar surface area (TPSA) is 197 Å². The standard InChI is InChI=1S/C42H80N4O8/c1-33(2)24-19-15-11-7-5-9-13-17-21-26-35(54-40(50)28-22-18-14-10-6-8-12-16-20-25-34(3)4)30-38(48)44-31-39(49)45-37(32-47)41(51)46-36(42(52)53)27-23-29-43/h33-37,47H,5-32,43H2,1-4H3,(H,44,48)(H,45,49)(H,46,51)(H,52,53). The first-order chi connectivity index (χ1) is 25.9. The Morgan fingerprint density at radius 3 is 1.48 bits per heavy atom. The number of nitrogens with two attached hydrogens (primary N) is 1. The van der Waals surface area contributed by atoms with Crippen LogP contribution in [0.15, 0.2) is 0 Å². The number of ether oxygens (including phenoxy) is 1. The number of hydrogen-bond donors (Lipinski definition) is 6. The second-order valence-electron chi connectivity index (χ2n) is 16.0. The van der Waals surface area contributed by atoms with E-state index in [1.807, 2.05) is 0 Å². The molecule has 3 amide bonds. The van der Waals surface area contributed by atoms with Crippen LogP contribution in [0.1, 0.15) is 188 Å². The fourth-order valence-electron chi connectivity index (χ4n) is 6.42. The highest BCUT2D eigenvalue weighted by Crippen LogP contribution is 2.17. The highest BCUT2D eigenvalue weighted by molar-refractivity contribution is 5.92. The number of aliphatic carboxylic acids is 1. The maximum Gasteiger partial charge on any atom is 0.326 e. The Labute approximate surface area is 327 Å². The van der Waals surface area contributed by atoms with E-state index in [9.17, 15) is 34.2 Å². The van der Waals surface area contributed by atoms with Crippen LogP contribution >= 0.6 is 0 Å². The number of hydrogen-bond acceptors (Lipinski definition) is 8. The van der Waals surface area contributed by atoms with Crippen molar-refractivity contribution in [3.63, 3.8) is 0 Å². The lowest BCUT2D eigenvalue weighted by Gasteiger charge is -2.20. The van der Waals surface area contributed by atoms with Crippen LogP contribution in [0, 0.1) is 11.8 Å². The van der Waals surface area contributed by atoms with E-state index < -0.39 is 55.0 Å². The Balaban J connectivity index is 4.76. The Bertz CT molecular complexity index is 993. The van der Waals surface area contributed by atoms with E-state index in [0.717, 1.165) is 50.4 Å². The number of carboxylic acid groups (broad SMARTS) is 1. The molecule has 0 saturated carbocycles. The molecular formula is C42H80N4O8. The second-order valence-corrected chi connectivity index (χ2v) is 16.0. The highest BCUT2D eigenvalue weighted by Gasteiger charge is 2.26. The summed E-state index contributed by atoms with van der Waals surface area (Å²) < 4.78 is 5.78. The molecule has 0 fully saturated rings. The minimum Gasteiger partial charge on any atom is -0.480 e. The van der Waals surface area contributed by atoms with Crippen molar-refractivity contribution in [3.05, 3.63) is 0 Å². The molecule has 0 aliphatic heterocycles. The first-order valence-corrected chi connectivity index (χ1v) is 21.5. The number of esters is 1. The first kappa shape index (κ1) is 51.3. The predicted molar refractivity (Wildman–Crippen MR) is 216 cm³/mol. The number of nitrogens with one attached hydrogen (secondary N) is 3. The van der Waals surface area contributed by atoms with E-state index in [4.69, 9.17) is 10.5 Å². The van der Waals surface area contributed by atoms with Crippen molar-refractivity contribution in [3.8, 4) is 0 Å². The van der Waals surface area contributed by atoms with Gasteiger partial charge in [0.05, 0.1) is 19.6 Å². The third-order valence-corrected chi connectivity index (χ3v) is 9.77. The van der Waals surface area contributed by atoms with Crippen molar-refractivity contribution in [2.75, 3.05) is 19.7 Å². The number of carbonyl (C=O) groups is 5. The van der Waals surface area contributed by atoms with Gasteiger partial charge in [0.2, 0.25) is 17.7 Å². The summed E-state index contributed by atoms with van der Waals surface area (Å²) in [5, 5.41) is 26.1. The molecule has 12 heteroatoms. The average molecular weight is 769 g/mol. The molecule has 0 radical (unpaired) electrons. The normalized spacial score (nSPS) is 13.0. The highest BCUT2D eigenvalue weighted by atomic mass is 16.5. The summed E-state index contributed by atoms with van der Waals surface area (Å²) in [5.41, 5.74) is 5.43. The minimum absolute atomic E-state index is 0.0854. The molecule has 0 heterocycles. The van der Waals surface area contributed by atoms with Crippen LogP contribution in [0.4, 0.5) is 0 Å². The zero-order chi connectivity index (χ0) is 40.4. The quantitative estimate of drug-likeness (QED) is 0.0283. The molecule has 0 aliphatic rings. The van der Waals surface area contributed by atoms with Gasteiger partial charge >= 0.3 is 11.9 Å². The molecule has 3 atom stereocenters. The van der Waals surface area contributed by atoms with Crippen LogP contribution in [0.3, 0.4) is 0 Å². The van der Waals surface area contributed by atoms with Crippen LogP contribution < -0.4 is 21.7 Å². The molecule has 0 aromatic heterocycles. The van der Waals surface area contributed by atoms with E-state index >= 15 is 0 Å². The van der Waals surface area contributed by atoms with Crippen LogP contribution in [0.25, 0.3) is 0 Å². The number of aliphatic hydroxyl groups excluding tert-OH is 1. The van der Waals surface area contributed by atoms with E-state index in [2.05, 4.69) is 43.6 Å². The van der Waals surface area contributed by atoms with Crippen molar-refractivity contribution >= 4 is 29.7 Å². The van der Waals surface area contributed by atoms with Gasteiger partial charge in [0.25, 0.3) is 0 Å². The Kier molecular flexibility index (Phi) is 33.0. The van der Waals surface area contributed by atoms with Crippen molar-refractivity contribution in [1.82, 2.24) is 16.0 Å². The molecule has 12 nitrogen and oxygen atoms in total. The Hall–Kier alpha value is -2.73. The van der Waals surface area contributed by atoms with E-state index in [-0.39, 0.29) is 25.4 Å². The summed E-state index contributed by atoms with van der Waals surface area (Å²) in [4.78, 5) is 62.1. The number of carboxylic acids is 1. The third-order valence-electron chi connectivity index (χ3n) is 9.77. The summed E-state index contributed by atoms with van der Waals surface area (Å²) in [5.74, 6) is -2.07. The lowest BCUT2D eigenvalue weighted by molar-refractivity contribution is -0.151. The van der Waals surface area contributed by atoms with Crippen molar-refractivity contribution in [2.45, 2.75) is 206 Å². The number of rotatable bonds is 37. The monoisotopic (exact) mass is 769 g/mol. The smallest absolute Gasteiger partial charge is 0.326 e. The maximum absolute atomic E-state index is 12.9. The minimum atomic E-state index is -1.40. The summed E-state index contributed by atoms with van der Waals surface area (Å²) in [6.45, 7) is 8.10. The number of unbranched alkanes of at least 4 members (excludes halogenated alkanes) is 16. The SMILES string of the molecule is CC(C)CCCCCCCCCCCC(=O)OC(CCCCCCCCCCCC(C)C)CC(=O)NCC(=O)NC(CO)C(=O)NC(CCCN)C(=O)O. The van der Waals surface area contributed by atoms with Crippen molar-refractivity contribution < 1.29 is 38.9 Å². The Morgan fingerprint density at radius 1 is 0.574 bits per heavy atom.